The molecule has 0 unspecified atom stereocenters. The van der Waals surface area contributed by atoms with E-state index in [1.54, 1.807) is 17.7 Å². The molecule has 0 amide bonds. The van der Waals surface area contributed by atoms with Gasteiger partial charge in [-0.1, -0.05) is 30.3 Å². The van der Waals surface area contributed by atoms with Crippen LogP contribution in [0.2, 0.25) is 0 Å². The van der Waals surface area contributed by atoms with Crippen LogP contribution in [-0.2, 0) is 6.54 Å². The summed E-state index contributed by atoms with van der Waals surface area (Å²) < 4.78 is 0. The standard InChI is InChI=1S/C15H14N4S/c1-11-19-13(9-20-11)8-16-15-7-14(17-10-18-15)12-5-3-2-4-6-12/h2-7,9-10H,8H2,1H3,(H,16,17,18). The van der Waals surface area contributed by atoms with Crippen LogP contribution < -0.4 is 5.32 Å². The van der Waals surface area contributed by atoms with Gasteiger partial charge in [-0.3, -0.25) is 0 Å². The third-order valence-electron chi connectivity index (χ3n) is 2.85. The maximum Gasteiger partial charge on any atom is 0.130 e. The average Bonchev–Trinajstić information content (AvgIpc) is 2.92. The molecule has 2 heterocycles. The summed E-state index contributed by atoms with van der Waals surface area (Å²) in [4.78, 5) is 13.0. The lowest BCUT2D eigenvalue weighted by Crippen LogP contribution is -2.02. The van der Waals surface area contributed by atoms with Gasteiger partial charge in [-0.2, -0.15) is 0 Å². The summed E-state index contributed by atoms with van der Waals surface area (Å²) in [7, 11) is 0. The predicted octanol–water partition coefficient (Wildman–Crippen LogP) is 3.52. The van der Waals surface area contributed by atoms with Gasteiger partial charge < -0.3 is 5.32 Å². The van der Waals surface area contributed by atoms with E-state index in [4.69, 9.17) is 0 Å². The lowest BCUT2D eigenvalue weighted by atomic mass is 10.1. The number of nitrogens with one attached hydrogen (secondary N) is 1. The number of benzene rings is 1. The van der Waals surface area contributed by atoms with Crippen molar-refractivity contribution in [2.45, 2.75) is 13.5 Å². The number of aryl methyl sites for hydroxylation is 1. The Morgan fingerprint density at radius 1 is 1.15 bits per heavy atom. The quantitative estimate of drug-likeness (QED) is 0.795. The highest BCUT2D eigenvalue weighted by Crippen LogP contribution is 2.18. The second-order valence-corrected chi connectivity index (χ2v) is 5.43. The van der Waals surface area contributed by atoms with E-state index in [-0.39, 0.29) is 0 Å². The second kappa shape index (κ2) is 5.79. The van der Waals surface area contributed by atoms with Gasteiger partial charge in [0.05, 0.1) is 22.9 Å². The molecule has 0 aliphatic carbocycles. The zero-order valence-corrected chi connectivity index (χ0v) is 11.9. The number of nitrogens with zero attached hydrogens (tertiary/aromatic N) is 3. The van der Waals surface area contributed by atoms with Crippen LogP contribution in [0.4, 0.5) is 5.82 Å². The zero-order chi connectivity index (χ0) is 13.8. The molecule has 5 heteroatoms. The van der Waals surface area contributed by atoms with Gasteiger partial charge >= 0.3 is 0 Å². The second-order valence-electron chi connectivity index (χ2n) is 4.37. The lowest BCUT2D eigenvalue weighted by Gasteiger charge is -2.05. The Labute approximate surface area is 121 Å². The van der Waals surface area contributed by atoms with E-state index in [0.29, 0.717) is 6.54 Å². The monoisotopic (exact) mass is 282 g/mol. The van der Waals surface area contributed by atoms with E-state index in [9.17, 15) is 0 Å². The average molecular weight is 282 g/mol. The lowest BCUT2D eigenvalue weighted by molar-refractivity contribution is 1.03. The van der Waals surface area contributed by atoms with Crippen LogP contribution in [0.15, 0.2) is 48.1 Å². The van der Waals surface area contributed by atoms with Crippen molar-refractivity contribution < 1.29 is 0 Å². The van der Waals surface area contributed by atoms with E-state index in [2.05, 4.69) is 25.6 Å². The van der Waals surface area contributed by atoms with Crippen molar-refractivity contribution >= 4 is 17.2 Å². The third-order valence-corrected chi connectivity index (χ3v) is 3.68. The fourth-order valence-corrected chi connectivity index (χ4v) is 2.50. The summed E-state index contributed by atoms with van der Waals surface area (Å²) >= 11 is 1.66. The van der Waals surface area contributed by atoms with Crippen LogP contribution in [0.1, 0.15) is 10.7 Å². The molecule has 4 nitrogen and oxygen atoms in total. The van der Waals surface area contributed by atoms with Gasteiger partial charge in [-0.15, -0.1) is 11.3 Å². The van der Waals surface area contributed by atoms with E-state index in [0.717, 1.165) is 27.8 Å². The van der Waals surface area contributed by atoms with Crippen LogP contribution in [0.25, 0.3) is 11.3 Å². The maximum atomic E-state index is 4.42. The first kappa shape index (κ1) is 12.7. The minimum absolute atomic E-state index is 0.676. The highest BCUT2D eigenvalue weighted by Gasteiger charge is 2.02. The van der Waals surface area contributed by atoms with Crippen molar-refractivity contribution in [2.75, 3.05) is 5.32 Å². The van der Waals surface area contributed by atoms with Crippen molar-refractivity contribution in [3.63, 3.8) is 0 Å². The Bertz CT molecular complexity index is 694. The molecular formula is C15H14N4S. The highest BCUT2D eigenvalue weighted by atomic mass is 32.1. The van der Waals surface area contributed by atoms with Gasteiger partial charge in [0.15, 0.2) is 0 Å². The summed E-state index contributed by atoms with van der Waals surface area (Å²) in [6.45, 7) is 2.68. The molecule has 0 aliphatic heterocycles. The molecule has 0 saturated heterocycles. The molecule has 0 radical (unpaired) electrons. The topological polar surface area (TPSA) is 50.7 Å². The summed E-state index contributed by atoms with van der Waals surface area (Å²) in [5.74, 6) is 0.810. The molecule has 0 fully saturated rings. The van der Waals surface area contributed by atoms with Gasteiger partial charge in [0.25, 0.3) is 0 Å². The fraction of sp³-hybridized carbons (Fsp3) is 0.133. The molecule has 1 aromatic carbocycles. The minimum Gasteiger partial charge on any atom is -0.364 e. The first-order chi connectivity index (χ1) is 9.81. The number of hydrogen-bond donors (Lipinski definition) is 1. The molecule has 2 aromatic heterocycles. The smallest absolute Gasteiger partial charge is 0.130 e. The summed E-state index contributed by atoms with van der Waals surface area (Å²) in [5.41, 5.74) is 3.03. The van der Waals surface area contributed by atoms with Crippen molar-refractivity contribution in [3.8, 4) is 11.3 Å². The van der Waals surface area contributed by atoms with Crippen LogP contribution in [0.5, 0.6) is 0 Å². The Balaban J connectivity index is 1.75. The molecule has 0 saturated carbocycles. The predicted molar refractivity (Wildman–Crippen MR) is 81.6 cm³/mol. The molecule has 0 aliphatic rings. The summed E-state index contributed by atoms with van der Waals surface area (Å²) in [5, 5.41) is 6.41. The van der Waals surface area contributed by atoms with E-state index >= 15 is 0 Å². The third kappa shape index (κ3) is 3.00. The highest BCUT2D eigenvalue weighted by molar-refractivity contribution is 7.09. The molecule has 1 N–H and O–H groups in total. The molecule has 3 rings (SSSR count). The number of aromatic nitrogens is 3. The van der Waals surface area contributed by atoms with E-state index in [1.165, 1.54) is 0 Å². The molecule has 0 bridgehead atoms. The minimum atomic E-state index is 0.676. The van der Waals surface area contributed by atoms with Gasteiger partial charge in [0, 0.05) is 17.0 Å². The molecule has 100 valence electrons. The number of anilines is 1. The van der Waals surface area contributed by atoms with Gasteiger partial charge in [-0.25, -0.2) is 15.0 Å². The Morgan fingerprint density at radius 2 is 2.00 bits per heavy atom. The van der Waals surface area contributed by atoms with Crippen LogP contribution in [0, 0.1) is 6.92 Å². The van der Waals surface area contributed by atoms with Gasteiger partial charge in [0.1, 0.15) is 12.1 Å². The molecule has 3 aromatic rings. The summed E-state index contributed by atoms with van der Waals surface area (Å²) in [6, 6.07) is 12.0. The Kier molecular flexibility index (Phi) is 3.69. The Morgan fingerprint density at radius 3 is 2.75 bits per heavy atom. The normalized spacial score (nSPS) is 10.4. The maximum absolute atomic E-state index is 4.42. The number of rotatable bonds is 4. The van der Waals surface area contributed by atoms with Crippen molar-refractivity contribution in [1.82, 2.24) is 15.0 Å². The van der Waals surface area contributed by atoms with Crippen LogP contribution >= 0.6 is 11.3 Å². The summed E-state index contributed by atoms with van der Waals surface area (Å²) in [6.07, 6.45) is 1.58. The van der Waals surface area contributed by atoms with Gasteiger partial charge in [-0.05, 0) is 6.92 Å². The van der Waals surface area contributed by atoms with E-state index in [1.807, 2.05) is 43.3 Å². The molecule has 20 heavy (non-hydrogen) atoms. The van der Waals surface area contributed by atoms with Gasteiger partial charge in [0.2, 0.25) is 0 Å². The first-order valence-corrected chi connectivity index (χ1v) is 7.21. The fourth-order valence-electron chi connectivity index (χ4n) is 1.89. The number of thiazole rings is 1. The molecule has 0 atom stereocenters. The Hall–Kier alpha value is -2.27. The molecular weight excluding hydrogens is 268 g/mol. The SMILES string of the molecule is Cc1nc(CNc2cc(-c3ccccc3)ncn2)cs1. The van der Waals surface area contributed by atoms with E-state index < -0.39 is 0 Å². The van der Waals surface area contributed by atoms with Crippen molar-refractivity contribution in [1.29, 1.82) is 0 Å². The van der Waals surface area contributed by atoms with Crippen LogP contribution in [0.3, 0.4) is 0 Å². The number of hydrogen-bond acceptors (Lipinski definition) is 5. The zero-order valence-electron chi connectivity index (χ0n) is 11.1. The van der Waals surface area contributed by atoms with Crippen molar-refractivity contribution in [2.24, 2.45) is 0 Å². The van der Waals surface area contributed by atoms with Crippen LogP contribution in [-0.4, -0.2) is 15.0 Å². The largest absolute Gasteiger partial charge is 0.364 e. The molecule has 0 spiro atoms. The van der Waals surface area contributed by atoms with Crippen molar-refractivity contribution in [3.05, 3.63) is 58.8 Å². The first-order valence-electron chi connectivity index (χ1n) is 6.33.